The second-order valence-electron chi connectivity index (χ2n) is 5.51. The van der Waals surface area contributed by atoms with Gasteiger partial charge in [0.25, 0.3) is 0 Å². The lowest BCUT2D eigenvalue weighted by Gasteiger charge is -2.14. The van der Waals surface area contributed by atoms with E-state index in [9.17, 15) is 0 Å². The van der Waals surface area contributed by atoms with E-state index in [0.29, 0.717) is 0 Å². The van der Waals surface area contributed by atoms with Crippen LogP contribution in [0.25, 0.3) is 0 Å². The minimum absolute atomic E-state index is 0.935. The molecular weight excluding hydrogens is 232 g/mol. The Bertz CT molecular complexity index is 315. The first-order valence-electron chi connectivity index (χ1n) is 7.93. The molecule has 0 aliphatic rings. The minimum Gasteiger partial charge on any atom is -0.497 e. The number of benzene rings is 1. The van der Waals surface area contributed by atoms with Gasteiger partial charge in [0.05, 0.1) is 7.11 Å². The molecule has 0 radical (unpaired) electrons. The Kier molecular flexibility index (Phi) is 8.36. The zero-order chi connectivity index (χ0) is 13.9. The van der Waals surface area contributed by atoms with Crippen molar-refractivity contribution in [1.82, 2.24) is 0 Å². The van der Waals surface area contributed by atoms with Crippen molar-refractivity contribution in [1.29, 1.82) is 0 Å². The fraction of sp³-hybridized carbons (Fsp3) is 0.667. The molecule has 0 saturated carbocycles. The summed E-state index contributed by atoms with van der Waals surface area (Å²) in [6, 6.07) is 8.51. The molecule has 0 amide bonds. The van der Waals surface area contributed by atoms with Crippen molar-refractivity contribution in [3.8, 4) is 5.75 Å². The molecule has 1 aromatic rings. The van der Waals surface area contributed by atoms with Crippen LogP contribution in [0, 0.1) is 5.92 Å². The fourth-order valence-electron chi connectivity index (χ4n) is 2.62. The highest BCUT2D eigenvalue weighted by Gasteiger charge is 2.06. The molecule has 0 fully saturated rings. The Hall–Kier alpha value is -0.980. The Balaban J connectivity index is 2.23. The molecule has 0 aromatic heterocycles. The van der Waals surface area contributed by atoms with Gasteiger partial charge in [0.2, 0.25) is 0 Å². The van der Waals surface area contributed by atoms with E-state index in [2.05, 4.69) is 38.1 Å². The van der Waals surface area contributed by atoms with Crippen molar-refractivity contribution >= 4 is 0 Å². The zero-order valence-electron chi connectivity index (χ0n) is 13.0. The third-order valence-corrected chi connectivity index (χ3v) is 4.03. The first-order chi connectivity index (χ1) is 9.30. The van der Waals surface area contributed by atoms with Crippen LogP contribution < -0.4 is 4.74 Å². The van der Waals surface area contributed by atoms with E-state index in [1.54, 1.807) is 7.11 Å². The number of methoxy groups -OCH3 is 1. The molecular formula is C18H30O. The predicted octanol–water partition coefficient (Wildman–Crippen LogP) is 5.62. The number of rotatable bonds is 10. The number of aryl methyl sites for hydroxylation is 1. The summed E-state index contributed by atoms with van der Waals surface area (Å²) in [5.41, 5.74) is 1.43. The van der Waals surface area contributed by atoms with Gasteiger partial charge in [0.15, 0.2) is 0 Å². The highest BCUT2D eigenvalue weighted by molar-refractivity contribution is 5.27. The summed E-state index contributed by atoms with van der Waals surface area (Å²) in [5.74, 6) is 1.89. The number of hydrogen-bond donors (Lipinski definition) is 0. The quantitative estimate of drug-likeness (QED) is 0.497. The summed E-state index contributed by atoms with van der Waals surface area (Å²) in [5, 5.41) is 0. The van der Waals surface area contributed by atoms with Crippen LogP contribution in [0.3, 0.4) is 0 Å². The number of hydrogen-bond acceptors (Lipinski definition) is 1. The van der Waals surface area contributed by atoms with E-state index in [1.807, 2.05) is 0 Å². The van der Waals surface area contributed by atoms with E-state index in [1.165, 1.54) is 56.9 Å². The maximum atomic E-state index is 5.18. The average molecular weight is 262 g/mol. The van der Waals surface area contributed by atoms with Crippen molar-refractivity contribution in [3.63, 3.8) is 0 Å². The van der Waals surface area contributed by atoms with Crippen molar-refractivity contribution in [3.05, 3.63) is 29.8 Å². The van der Waals surface area contributed by atoms with Crippen molar-refractivity contribution < 1.29 is 4.74 Å². The first-order valence-corrected chi connectivity index (χ1v) is 7.93. The molecule has 0 saturated heterocycles. The van der Waals surface area contributed by atoms with Crippen LogP contribution in [-0.4, -0.2) is 7.11 Å². The van der Waals surface area contributed by atoms with Gasteiger partial charge >= 0.3 is 0 Å². The lowest BCUT2D eigenvalue weighted by atomic mass is 9.92. The summed E-state index contributed by atoms with van der Waals surface area (Å²) in [7, 11) is 1.72. The third kappa shape index (κ3) is 6.66. The van der Waals surface area contributed by atoms with Gasteiger partial charge in [-0.1, -0.05) is 64.5 Å². The lowest BCUT2D eigenvalue weighted by Crippen LogP contribution is -2.00. The Morgan fingerprint density at radius 1 is 0.947 bits per heavy atom. The predicted molar refractivity (Wildman–Crippen MR) is 83.9 cm³/mol. The third-order valence-electron chi connectivity index (χ3n) is 4.03. The standard InChI is InChI=1S/C18H30O/c1-4-6-7-9-16(5-2)10-8-11-17-12-14-18(19-3)15-13-17/h12-16H,4-11H2,1-3H3. The molecule has 1 rings (SSSR count). The molecule has 1 unspecified atom stereocenters. The molecule has 108 valence electrons. The topological polar surface area (TPSA) is 9.23 Å². The van der Waals surface area contributed by atoms with E-state index >= 15 is 0 Å². The van der Waals surface area contributed by atoms with Crippen molar-refractivity contribution in [2.75, 3.05) is 7.11 Å². The van der Waals surface area contributed by atoms with Crippen LogP contribution in [0.2, 0.25) is 0 Å². The summed E-state index contributed by atoms with van der Waals surface area (Å²) < 4.78 is 5.18. The highest BCUT2D eigenvalue weighted by atomic mass is 16.5. The molecule has 0 bridgehead atoms. The van der Waals surface area contributed by atoms with Crippen LogP contribution in [0.15, 0.2) is 24.3 Å². The van der Waals surface area contributed by atoms with Gasteiger partial charge in [-0.3, -0.25) is 0 Å². The lowest BCUT2D eigenvalue weighted by molar-refractivity contribution is 0.405. The van der Waals surface area contributed by atoms with E-state index in [0.717, 1.165) is 11.7 Å². The van der Waals surface area contributed by atoms with Gasteiger partial charge in [0, 0.05) is 0 Å². The average Bonchev–Trinajstić information content (AvgIpc) is 2.46. The number of unbranched alkanes of at least 4 members (excludes halogenated alkanes) is 2. The van der Waals surface area contributed by atoms with Crippen molar-refractivity contribution in [2.24, 2.45) is 5.92 Å². The summed E-state index contributed by atoms with van der Waals surface area (Å²) in [6.07, 6.45) is 10.8. The Labute approximate surface area is 119 Å². The van der Waals surface area contributed by atoms with Gasteiger partial charge in [-0.15, -0.1) is 0 Å². The summed E-state index contributed by atoms with van der Waals surface area (Å²) in [4.78, 5) is 0. The van der Waals surface area contributed by atoms with Gasteiger partial charge in [0.1, 0.15) is 5.75 Å². The van der Waals surface area contributed by atoms with E-state index in [4.69, 9.17) is 4.74 Å². The van der Waals surface area contributed by atoms with Crippen LogP contribution in [0.4, 0.5) is 0 Å². The Morgan fingerprint density at radius 2 is 1.63 bits per heavy atom. The minimum atomic E-state index is 0.935. The first kappa shape index (κ1) is 16.1. The fourth-order valence-corrected chi connectivity index (χ4v) is 2.62. The van der Waals surface area contributed by atoms with Crippen LogP contribution in [0.1, 0.15) is 64.4 Å². The molecule has 0 aliphatic heterocycles. The molecule has 1 aromatic carbocycles. The molecule has 19 heavy (non-hydrogen) atoms. The molecule has 1 atom stereocenters. The van der Waals surface area contributed by atoms with Gasteiger partial charge < -0.3 is 4.74 Å². The largest absolute Gasteiger partial charge is 0.497 e. The van der Waals surface area contributed by atoms with Crippen LogP contribution >= 0.6 is 0 Å². The maximum absolute atomic E-state index is 5.18. The van der Waals surface area contributed by atoms with Gasteiger partial charge in [-0.25, -0.2) is 0 Å². The normalized spacial score (nSPS) is 12.4. The molecule has 1 nitrogen and oxygen atoms in total. The van der Waals surface area contributed by atoms with Gasteiger partial charge in [-0.05, 0) is 36.5 Å². The smallest absolute Gasteiger partial charge is 0.118 e. The monoisotopic (exact) mass is 262 g/mol. The molecule has 0 spiro atoms. The van der Waals surface area contributed by atoms with Crippen LogP contribution in [0.5, 0.6) is 5.75 Å². The SMILES string of the molecule is CCCCCC(CC)CCCc1ccc(OC)cc1. The Morgan fingerprint density at radius 3 is 2.21 bits per heavy atom. The van der Waals surface area contributed by atoms with E-state index < -0.39 is 0 Å². The maximum Gasteiger partial charge on any atom is 0.118 e. The molecule has 0 aliphatic carbocycles. The molecule has 0 heterocycles. The molecule has 0 N–H and O–H groups in total. The van der Waals surface area contributed by atoms with Crippen LogP contribution in [-0.2, 0) is 6.42 Å². The van der Waals surface area contributed by atoms with Gasteiger partial charge in [-0.2, -0.15) is 0 Å². The van der Waals surface area contributed by atoms with Crippen molar-refractivity contribution in [2.45, 2.75) is 65.2 Å². The second kappa shape index (κ2) is 9.89. The molecule has 1 heteroatoms. The van der Waals surface area contributed by atoms with E-state index in [-0.39, 0.29) is 0 Å². The summed E-state index contributed by atoms with van der Waals surface area (Å²) >= 11 is 0. The second-order valence-corrected chi connectivity index (χ2v) is 5.51. The highest BCUT2D eigenvalue weighted by Crippen LogP contribution is 2.21. The summed E-state index contributed by atoms with van der Waals surface area (Å²) in [6.45, 7) is 4.62. The number of ether oxygens (including phenoxy) is 1. The zero-order valence-corrected chi connectivity index (χ0v) is 13.0.